The molecular formula is C17H17ClN2O. The van der Waals surface area contributed by atoms with Gasteiger partial charge in [0, 0.05) is 16.9 Å². The number of urea groups is 1. The number of nitrogens with one attached hydrogen (secondary N) is 2. The number of hydrogen-bond acceptors (Lipinski definition) is 1. The van der Waals surface area contributed by atoms with E-state index in [1.54, 1.807) is 24.4 Å². The number of carbonyl (C=O) groups excluding carboxylic acids is 1. The van der Waals surface area contributed by atoms with Gasteiger partial charge >= 0.3 is 6.03 Å². The lowest BCUT2D eigenvalue weighted by Crippen LogP contribution is -2.24. The molecular weight excluding hydrogens is 284 g/mol. The molecule has 0 saturated heterocycles. The summed E-state index contributed by atoms with van der Waals surface area (Å²) in [6, 6.07) is 13.1. The highest BCUT2D eigenvalue weighted by Crippen LogP contribution is 2.19. The molecule has 21 heavy (non-hydrogen) atoms. The number of aryl methyl sites for hydroxylation is 2. The van der Waals surface area contributed by atoms with Crippen molar-refractivity contribution in [2.75, 3.05) is 5.32 Å². The van der Waals surface area contributed by atoms with Gasteiger partial charge in [0.05, 0.1) is 0 Å². The number of amides is 2. The van der Waals surface area contributed by atoms with Crippen LogP contribution in [0.25, 0.3) is 6.08 Å². The van der Waals surface area contributed by atoms with Gasteiger partial charge in [-0.3, -0.25) is 0 Å². The SMILES string of the molecule is Cc1ccc(/C=C/NC(=O)Nc2ccc(Cl)cc2C)cc1. The van der Waals surface area contributed by atoms with Gasteiger partial charge in [0.15, 0.2) is 0 Å². The van der Waals surface area contributed by atoms with Crippen molar-refractivity contribution in [1.82, 2.24) is 5.32 Å². The molecule has 2 aromatic rings. The van der Waals surface area contributed by atoms with Crippen molar-refractivity contribution in [3.05, 3.63) is 70.4 Å². The second kappa shape index (κ2) is 6.95. The van der Waals surface area contributed by atoms with Crippen LogP contribution in [0.1, 0.15) is 16.7 Å². The lowest BCUT2D eigenvalue weighted by atomic mass is 10.1. The highest BCUT2D eigenvalue weighted by molar-refractivity contribution is 6.30. The zero-order valence-corrected chi connectivity index (χ0v) is 12.7. The minimum Gasteiger partial charge on any atom is -0.314 e. The number of benzene rings is 2. The molecule has 0 spiro atoms. The van der Waals surface area contributed by atoms with Crippen molar-refractivity contribution in [3.63, 3.8) is 0 Å². The Hall–Kier alpha value is -2.26. The van der Waals surface area contributed by atoms with E-state index in [9.17, 15) is 4.79 Å². The summed E-state index contributed by atoms with van der Waals surface area (Å²) in [6.45, 7) is 3.93. The van der Waals surface area contributed by atoms with E-state index in [1.165, 1.54) is 5.56 Å². The van der Waals surface area contributed by atoms with Crippen LogP contribution in [0, 0.1) is 13.8 Å². The summed E-state index contributed by atoms with van der Waals surface area (Å²) < 4.78 is 0. The number of rotatable bonds is 3. The zero-order chi connectivity index (χ0) is 15.2. The number of anilines is 1. The monoisotopic (exact) mass is 300 g/mol. The molecule has 0 unspecified atom stereocenters. The smallest absolute Gasteiger partial charge is 0.314 e. The third-order valence-corrected chi connectivity index (χ3v) is 3.24. The molecule has 2 N–H and O–H groups in total. The Bertz CT molecular complexity index is 663. The van der Waals surface area contributed by atoms with E-state index in [1.807, 2.05) is 44.2 Å². The van der Waals surface area contributed by atoms with Crippen molar-refractivity contribution < 1.29 is 4.79 Å². The summed E-state index contributed by atoms with van der Waals surface area (Å²) in [6.07, 6.45) is 3.46. The quantitative estimate of drug-likeness (QED) is 0.844. The molecule has 2 amide bonds. The molecule has 0 aliphatic heterocycles. The van der Waals surface area contributed by atoms with E-state index in [4.69, 9.17) is 11.6 Å². The Labute approximate surface area is 129 Å². The molecule has 2 rings (SSSR count). The third kappa shape index (κ3) is 4.65. The van der Waals surface area contributed by atoms with Crippen molar-refractivity contribution in [2.45, 2.75) is 13.8 Å². The molecule has 3 nitrogen and oxygen atoms in total. The van der Waals surface area contributed by atoms with Crippen LogP contribution in [-0.4, -0.2) is 6.03 Å². The topological polar surface area (TPSA) is 41.1 Å². The molecule has 0 radical (unpaired) electrons. The molecule has 0 saturated carbocycles. The maximum Gasteiger partial charge on any atom is 0.323 e. The first kappa shape index (κ1) is 15.1. The van der Waals surface area contributed by atoms with Crippen molar-refractivity contribution in [2.24, 2.45) is 0 Å². The van der Waals surface area contributed by atoms with E-state index in [2.05, 4.69) is 10.6 Å². The van der Waals surface area contributed by atoms with Gasteiger partial charge in [-0.15, -0.1) is 0 Å². The first-order valence-corrected chi connectivity index (χ1v) is 6.99. The summed E-state index contributed by atoms with van der Waals surface area (Å²) in [4.78, 5) is 11.8. The Morgan fingerprint density at radius 3 is 2.48 bits per heavy atom. The maximum atomic E-state index is 11.8. The van der Waals surface area contributed by atoms with E-state index in [0.717, 1.165) is 16.8 Å². The molecule has 108 valence electrons. The van der Waals surface area contributed by atoms with Gasteiger partial charge in [0.2, 0.25) is 0 Å². The Kier molecular flexibility index (Phi) is 5.01. The van der Waals surface area contributed by atoms with E-state index in [0.29, 0.717) is 5.02 Å². The highest BCUT2D eigenvalue weighted by atomic mass is 35.5. The minimum atomic E-state index is -0.288. The molecule has 0 aromatic heterocycles. The van der Waals surface area contributed by atoms with Crippen LogP contribution in [-0.2, 0) is 0 Å². The van der Waals surface area contributed by atoms with Crippen LogP contribution in [0.15, 0.2) is 48.7 Å². The van der Waals surface area contributed by atoms with Gasteiger partial charge in [-0.25, -0.2) is 4.79 Å². The number of halogens is 1. The average molecular weight is 301 g/mol. The predicted octanol–water partition coefficient (Wildman–Crippen LogP) is 4.75. The fourth-order valence-corrected chi connectivity index (χ4v) is 2.04. The summed E-state index contributed by atoms with van der Waals surface area (Å²) in [5.74, 6) is 0. The highest BCUT2D eigenvalue weighted by Gasteiger charge is 2.02. The maximum absolute atomic E-state index is 11.8. The zero-order valence-electron chi connectivity index (χ0n) is 12.0. The van der Waals surface area contributed by atoms with Crippen LogP contribution in [0.2, 0.25) is 5.02 Å². The fourth-order valence-electron chi connectivity index (χ4n) is 1.82. The van der Waals surface area contributed by atoms with Gasteiger partial charge in [-0.2, -0.15) is 0 Å². The van der Waals surface area contributed by atoms with Gasteiger partial charge in [0.1, 0.15) is 0 Å². The molecule has 0 aliphatic carbocycles. The number of hydrogen-bond donors (Lipinski definition) is 2. The van der Waals surface area contributed by atoms with E-state index >= 15 is 0 Å². The first-order valence-electron chi connectivity index (χ1n) is 6.61. The minimum absolute atomic E-state index is 0.288. The first-order chi connectivity index (χ1) is 10.0. The fraction of sp³-hybridized carbons (Fsp3) is 0.118. The van der Waals surface area contributed by atoms with Crippen LogP contribution in [0.3, 0.4) is 0 Å². The summed E-state index contributed by atoms with van der Waals surface area (Å²) in [5, 5.41) is 6.10. The van der Waals surface area contributed by atoms with Crippen LogP contribution in [0.4, 0.5) is 10.5 Å². The summed E-state index contributed by atoms with van der Waals surface area (Å²) >= 11 is 5.88. The van der Waals surface area contributed by atoms with E-state index < -0.39 is 0 Å². The summed E-state index contributed by atoms with van der Waals surface area (Å²) in [5.41, 5.74) is 3.89. The van der Waals surface area contributed by atoms with Gasteiger partial charge < -0.3 is 10.6 Å². The van der Waals surface area contributed by atoms with Gasteiger partial charge in [-0.1, -0.05) is 41.4 Å². The predicted molar refractivity (Wildman–Crippen MR) is 88.6 cm³/mol. The van der Waals surface area contributed by atoms with Gasteiger partial charge in [0.25, 0.3) is 0 Å². The normalized spacial score (nSPS) is 10.6. The third-order valence-electron chi connectivity index (χ3n) is 3.00. The molecule has 2 aromatic carbocycles. The number of carbonyl (C=O) groups is 1. The van der Waals surface area contributed by atoms with Crippen LogP contribution < -0.4 is 10.6 Å². The van der Waals surface area contributed by atoms with Crippen molar-refractivity contribution in [3.8, 4) is 0 Å². The Morgan fingerprint density at radius 1 is 1.10 bits per heavy atom. The second-order valence-corrected chi connectivity index (χ2v) is 5.24. The lowest BCUT2D eigenvalue weighted by molar-refractivity contribution is 0.255. The molecule has 4 heteroatoms. The van der Waals surface area contributed by atoms with Crippen LogP contribution in [0.5, 0.6) is 0 Å². The largest absolute Gasteiger partial charge is 0.323 e. The standard InChI is InChI=1S/C17H17ClN2O/c1-12-3-5-14(6-4-12)9-10-19-17(21)20-16-8-7-15(18)11-13(16)2/h3-11H,1-2H3,(H2,19,20,21)/b10-9+. The molecule has 0 bridgehead atoms. The molecule has 0 aliphatic rings. The summed E-state index contributed by atoms with van der Waals surface area (Å²) in [7, 11) is 0. The van der Waals surface area contributed by atoms with Crippen LogP contribution >= 0.6 is 11.6 Å². The lowest BCUT2D eigenvalue weighted by Gasteiger charge is -2.08. The Morgan fingerprint density at radius 2 is 1.81 bits per heavy atom. The van der Waals surface area contributed by atoms with Crippen molar-refractivity contribution in [1.29, 1.82) is 0 Å². The van der Waals surface area contributed by atoms with E-state index in [-0.39, 0.29) is 6.03 Å². The Balaban J connectivity index is 1.91. The average Bonchev–Trinajstić information content (AvgIpc) is 2.44. The molecule has 0 heterocycles. The van der Waals surface area contributed by atoms with Gasteiger partial charge in [-0.05, 0) is 49.2 Å². The van der Waals surface area contributed by atoms with Crippen molar-refractivity contribution >= 4 is 29.4 Å². The molecule has 0 atom stereocenters. The molecule has 0 fully saturated rings. The second-order valence-electron chi connectivity index (χ2n) is 4.80.